The number of hydrogen-bond acceptors (Lipinski definition) is 2. The molecule has 0 aliphatic carbocycles. The number of para-hydroxylation sites is 1. The van der Waals surface area contributed by atoms with Gasteiger partial charge >= 0.3 is 0 Å². The first-order chi connectivity index (χ1) is 7.74. The molecule has 1 N–H and O–H groups in total. The molecule has 0 aliphatic rings. The topological polar surface area (TPSA) is 29.5 Å². The number of aliphatic hydroxyl groups is 1. The average Bonchev–Trinajstić information content (AvgIpc) is 2.31. The van der Waals surface area contributed by atoms with E-state index in [0.29, 0.717) is 6.61 Å². The Bertz CT molecular complexity index is 321. The van der Waals surface area contributed by atoms with Crippen molar-refractivity contribution in [2.45, 2.75) is 32.6 Å². The molecule has 2 nitrogen and oxygen atoms in total. The van der Waals surface area contributed by atoms with Gasteiger partial charge < -0.3 is 9.84 Å². The molecule has 89 valence electrons. The minimum Gasteiger partial charge on any atom is -0.493 e. The third-order valence-electron chi connectivity index (χ3n) is 2.60. The highest BCUT2D eigenvalue weighted by molar-refractivity contribution is 5.44. The summed E-state index contributed by atoms with van der Waals surface area (Å²) in [6.45, 7) is 8.76. The monoisotopic (exact) mass is 221 g/mol. The van der Waals surface area contributed by atoms with Crippen molar-refractivity contribution in [3.8, 4) is 5.75 Å². The number of aliphatic hydroxyl groups excluding tert-OH is 1. The lowest BCUT2D eigenvalue weighted by Gasteiger charge is -2.18. The quantitative estimate of drug-likeness (QED) is 0.800. The smallest absolute Gasteiger partial charge is 0.126 e. The fourth-order valence-electron chi connectivity index (χ4n) is 1.81. The first kappa shape index (κ1) is 13.0. The SMILES string of the molecule is [CH2]C(CO)c1cccc(CCC)c1OCC. The number of hydrogen-bond donors (Lipinski definition) is 1. The van der Waals surface area contributed by atoms with Crippen LogP contribution in [0, 0.1) is 6.92 Å². The lowest BCUT2D eigenvalue weighted by atomic mass is 9.96. The molecule has 0 bridgehead atoms. The van der Waals surface area contributed by atoms with Crippen molar-refractivity contribution in [1.29, 1.82) is 0 Å². The van der Waals surface area contributed by atoms with Crippen LogP contribution in [0.15, 0.2) is 18.2 Å². The summed E-state index contributed by atoms with van der Waals surface area (Å²) < 4.78 is 5.69. The minimum atomic E-state index is -0.113. The molecule has 1 atom stereocenters. The van der Waals surface area contributed by atoms with Crippen molar-refractivity contribution in [2.75, 3.05) is 13.2 Å². The Balaban J connectivity index is 3.09. The molecule has 0 aromatic heterocycles. The summed E-state index contributed by atoms with van der Waals surface area (Å²) in [7, 11) is 0. The predicted molar refractivity (Wildman–Crippen MR) is 66.8 cm³/mol. The zero-order chi connectivity index (χ0) is 12.0. The number of rotatable bonds is 6. The van der Waals surface area contributed by atoms with Crippen LogP contribution in [-0.2, 0) is 6.42 Å². The van der Waals surface area contributed by atoms with E-state index in [0.717, 1.165) is 24.2 Å². The third-order valence-corrected chi connectivity index (χ3v) is 2.60. The van der Waals surface area contributed by atoms with Crippen LogP contribution in [0.2, 0.25) is 0 Å². The van der Waals surface area contributed by atoms with Crippen LogP contribution >= 0.6 is 0 Å². The molecular weight excluding hydrogens is 200 g/mol. The Hall–Kier alpha value is -1.02. The van der Waals surface area contributed by atoms with E-state index < -0.39 is 0 Å². The van der Waals surface area contributed by atoms with Gasteiger partial charge in [-0.1, -0.05) is 31.5 Å². The van der Waals surface area contributed by atoms with E-state index in [2.05, 4.69) is 19.9 Å². The molecule has 0 spiro atoms. The molecular formula is C14H21O2. The van der Waals surface area contributed by atoms with E-state index in [4.69, 9.17) is 4.74 Å². The van der Waals surface area contributed by atoms with E-state index in [9.17, 15) is 5.11 Å². The van der Waals surface area contributed by atoms with Crippen molar-refractivity contribution < 1.29 is 9.84 Å². The molecule has 1 radical (unpaired) electrons. The lowest BCUT2D eigenvalue weighted by Crippen LogP contribution is -2.06. The van der Waals surface area contributed by atoms with Crippen LogP contribution in [0.1, 0.15) is 37.3 Å². The standard InChI is InChI=1S/C14H21O2/c1-4-7-12-8-6-9-13(11(3)10-15)14(12)16-5-2/h6,8-9,11,15H,3-5,7,10H2,1-2H3. The lowest BCUT2D eigenvalue weighted by molar-refractivity contribution is 0.275. The fourth-order valence-corrected chi connectivity index (χ4v) is 1.81. The van der Waals surface area contributed by atoms with E-state index >= 15 is 0 Å². The van der Waals surface area contributed by atoms with Crippen LogP contribution < -0.4 is 4.74 Å². The highest BCUT2D eigenvalue weighted by atomic mass is 16.5. The first-order valence-electron chi connectivity index (χ1n) is 5.93. The Kier molecular flexibility index (Phi) is 5.33. The second-order valence-corrected chi connectivity index (χ2v) is 3.90. The fraction of sp³-hybridized carbons (Fsp3) is 0.500. The first-order valence-corrected chi connectivity index (χ1v) is 5.93. The highest BCUT2D eigenvalue weighted by Gasteiger charge is 2.14. The molecule has 16 heavy (non-hydrogen) atoms. The van der Waals surface area contributed by atoms with Gasteiger partial charge in [-0.05, 0) is 31.4 Å². The summed E-state index contributed by atoms with van der Waals surface area (Å²) in [4.78, 5) is 0. The number of ether oxygens (including phenoxy) is 1. The number of aryl methyl sites for hydroxylation is 1. The zero-order valence-electron chi connectivity index (χ0n) is 10.2. The Labute approximate surface area is 98.3 Å². The van der Waals surface area contributed by atoms with Gasteiger partial charge in [0.05, 0.1) is 13.2 Å². The molecule has 1 aromatic carbocycles. The van der Waals surface area contributed by atoms with Crippen molar-refractivity contribution in [3.63, 3.8) is 0 Å². The molecule has 0 fully saturated rings. The molecule has 0 aliphatic heterocycles. The van der Waals surface area contributed by atoms with Crippen LogP contribution in [0.3, 0.4) is 0 Å². The van der Waals surface area contributed by atoms with Gasteiger partial charge in [0.1, 0.15) is 5.75 Å². The van der Waals surface area contributed by atoms with Gasteiger partial charge in [-0.2, -0.15) is 0 Å². The molecule has 1 aromatic rings. The second kappa shape index (κ2) is 6.54. The third kappa shape index (κ3) is 2.99. The van der Waals surface area contributed by atoms with E-state index in [1.54, 1.807) is 0 Å². The van der Waals surface area contributed by atoms with Gasteiger partial charge in [-0.3, -0.25) is 0 Å². The van der Waals surface area contributed by atoms with Crippen LogP contribution in [0.4, 0.5) is 0 Å². The highest BCUT2D eigenvalue weighted by Crippen LogP contribution is 2.30. The van der Waals surface area contributed by atoms with Gasteiger partial charge in [0.15, 0.2) is 0 Å². The maximum absolute atomic E-state index is 9.18. The summed E-state index contributed by atoms with van der Waals surface area (Å²) in [5.41, 5.74) is 2.22. The van der Waals surface area contributed by atoms with Gasteiger partial charge in [0, 0.05) is 5.92 Å². The molecule has 0 heterocycles. The average molecular weight is 221 g/mol. The Morgan fingerprint density at radius 2 is 2.12 bits per heavy atom. The van der Waals surface area contributed by atoms with Crippen molar-refractivity contribution in [1.82, 2.24) is 0 Å². The van der Waals surface area contributed by atoms with Crippen LogP contribution in [-0.4, -0.2) is 18.3 Å². The molecule has 0 saturated heterocycles. The van der Waals surface area contributed by atoms with Crippen molar-refractivity contribution in [3.05, 3.63) is 36.2 Å². The molecule has 1 rings (SSSR count). The summed E-state index contributed by atoms with van der Waals surface area (Å²) in [5.74, 6) is 0.805. The van der Waals surface area contributed by atoms with Crippen molar-refractivity contribution >= 4 is 0 Å². The maximum Gasteiger partial charge on any atom is 0.126 e. The summed E-state index contributed by atoms with van der Waals surface area (Å²) in [5, 5.41) is 9.18. The van der Waals surface area contributed by atoms with E-state index in [1.807, 2.05) is 19.1 Å². The van der Waals surface area contributed by atoms with Gasteiger partial charge in [0.2, 0.25) is 0 Å². The maximum atomic E-state index is 9.18. The van der Waals surface area contributed by atoms with Gasteiger partial charge in [-0.15, -0.1) is 0 Å². The zero-order valence-corrected chi connectivity index (χ0v) is 10.2. The number of benzene rings is 1. The summed E-state index contributed by atoms with van der Waals surface area (Å²) in [6.07, 6.45) is 2.09. The van der Waals surface area contributed by atoms with Crippen molar-refractivity contribution in [2.24, 2.45) is 0 Å². The largest absolute Gasteiger partial charge is 0.493 e. The predicted octanol–water partition coefficient (Wildman–Crippen LogP) is 2.95. The Morgan fingerprint density at radius 1 is 1.38 bits per heavy atom. The minimum absolute atomic E-state index is 0.0512. The molecule has 0 saturated carbocycles. The molecule has 1 unspecified atom stereocenters. The molecule has 2 heteroatoms. The second-order valence-electron chi connectivity index (χ2n) is 3.90. The summed E-state index contributed by atoms with van der Waals surface area (Å²) in [6, 6.07) is 6.08. The Morgan fingerprint density at radius 3 is 2.69 bits per heavy atom. The molecule has 0 amide bonds. The van der Waals surface area contributed by atoms with Crippen LogP contribution in [0.5, 0.6) is 5.75 Å². The van der Waals surface area contributed by atoms with E-state index in [1.165, 1.54) is 5.56 Å². The van der Waals surface area contributed by atoms with E-state index in [-0.39, 0.29) is 12.5 Å². The van der Waals surface area contributed by atoms with Gasteiger partial charge in [-0.25, -0.2) is 0 Å². The van der Waals surface area contributed by atoms with Crippen LogP contribution in [0.25, 0.3) is 0 Å². The normalized spacial score (nSPS) is 12.5. The summed E-state index contributed by atoms with van der Waals surface area (Å²) >= 11 is 0. The van der Waals surface area contributed by atoms with Gasteiger partial charge in [0.25, 0.3) is 0 Å².